The molecule has 1 amide bonds. The lowest BCUT2D eigenvalue weighted by molar-refractivity contribution is -0.119. The Balaban J connectivity index is 1.44. The minimum Gasteiger partial charge on any atom is -0.484 e. The number of nitrogens with one attached hydrogen (secondary N) is 2. The van der Waals surface area contributed by atoms with E-state index < -0.39 is 5.91 Å². The van der Waals surface area contributed by atoms with E-state index in [9.17, 15) is 4.79 Å². The van der Waals surface area contributed by atoms with Crippen molar-refractivity contribution in [2.24, 2.45) is 10.8 Å². The molecule has 2 aromatic heterocycles. The number of hydrogen-bond donors (Lipinski definition) is 3. The van der Waals surface area contributed by atoms with Gasteiger partial charge in [0.25, 0.3) is 11.9 Å². The first kappa shape index (κ1) is 16.5. The number of H-pyrrole nitrogens is 1. The predicted octanol–water partition coefficient (Wildman–Crippen LogP) is 1.82. The number of carbonyl (C=O) groups excluding carboxylic acids is 1. The van der Waals surface area contributed by atoms with E-state index in [1.807, 2.05) is 24.3 Å². The molecule has 4 aromatic rings. The fraction of sp³-hybridized carbons (Fsp3) is 0.0556. The molecular weight excluding hydrogens is 346 g/mol. The molecule has 0 radical (unpaired) electrons. The van der Waals surface area contributed by atoms with Crippen LogP contribution >= 0.6 is 0 Å². The van der Waals surface area contributed by atoms with Gasteiger partial charge in [-0.1, -0.05) is 18.2 Å². The fourth-order valence-corrected chi connectivity index (χ4v) is 2.54. The third-order valence-electron chi connectivity index (χ3n) is 3.76. The quantitative estimate of drug-likeness (QED) is 0.354. The highest BCUT2D eigenvalue weighted by molar-refractivity contribution is 6.03. The number of amides is 1. The second-order valence-corrected chi connectivity index (χ2v) is 5.70. The average Bonchev–Trinajstić information content (AvgIpc) is 3.05. The number of primary amides is 1. The van der Waals surface area contributed by atoms with Gasteiger partial charge in [-0.05, 0) is 35.9 Å². The van der Waals surface area contributed by atoms with Crippen LogP contribution in [-0.2, 0) is 4.79 Å². The van der Waals surface area contributed by atoms with Crippen molar-refractivity contribution in [3.63, 3.8) is 0 Å². The monoisotopic (exact) mass is 361 g/mol. The molecule has 0 saturated heterocycles. The van der Waals surface area contributed by atoms with Gasteiger partial charge in [-0.15, -0.1) is 10.2 Å². The lowest BCUT2D eigenvalue weighted by Gasteiger charge is -2.03. The number of carbonyl (C=O) groups is 1. The summed E-state index contributed by atoms with van der Waals surface area (Å²) in [5, 5.41) is 13.3. The molecule has 2 heterocycles. The SMILES string of the molecule is NC(=O)COc1ccc(/C=N\Nc2nnc3c(n2)[nH]c2ccccc23)cc1. The van der Waals surface area contributed by atoms with E-state index >= 15 is 0 Å². The van der Waals surface area contributed by atoms with Crippen LogP contribution in [0.3, 0.4) is 0 Å². The minimum atomic E-state index is -0.523. The molecule has 2 aromatic carbocycles. The number of hydrazone groups is 1. The number of anilines is 1. The summed E-state index contributed by atoms with van der Waals surface area (Å²) in [5.74, 6) is 0.313. The van der Waals surface area contributed by atoms with E-state index in [1.54, 1.807) is 30.5 Å². The van der Waals surface area contributed by atoms with Crippen molar-refractivity contribution in [1.29, 1.82) is 0 Å². The van der Waals surface area contributed by atoms with Crippen LogP contribution < -0.4 is 15.9 Å². The first-order valence-corrected chi connectivity index (χ1v) is 8.10. The zero-order valence-electron chi connectivity index (χ0n) is 14.1. The number of aromatic nitrogens is 4. The Bertz CT molecular complexity index is 1140. The summed E-state index contributed by atoms with van der Waals surface area (Å²) < 4.78 is 5.20. The molecule has 4 rings (SSSR count). The Hall–Kier alpha value is -4.01. The number of fused-ring (bicyclic) bond motifs is 3. The predicted molar refractivity (Wildman–Crippen MR) is 102 cm³/mol. The molecule has 0 spiro atoms. The summed E-state index contributed by atoms with van der Waals surface area (Å²) in [4.78, 5) is 18.3. The number of para-hydroxylation sites is 1. The van der Waals surface area contributed by atoms with Gasteiger partial charge in [0.15, 0.2) is 12.3 Å². The van der Waals surface area contributed by atoms with Gasteiger partial charge in [0.2, 0.25) is 0 Å². The second-order valence-electron chi connectivity index (χ2n) is 5.70. The Morgan fingerprint density at radius 1 is 1.19 bits per heavy atom. The van der Waals surface area contributed by atoms with Crippen LogP contribution in [-0.4, -0.2) is 38.9 Å². The lowest BCUT2D eigenvalue weighted by atomic mass is 10.2. The molecular formula is C18H15N7O2. The normalized spacial score (nSPS) is 11.3. The van der Waals surface area contributed by atoms with Crippen molar-refractivity contribution in [3.05, 3.63) is 54.1 Å². The molecule has 4 N–H and O–H groups in total. The minimum absolute atomic E-state index is 0.157. The topological polar surface area (TPSA) is 131 Å². The van der Waals surface area contributed by atoms with Crippen molar-refractivity contribution in [3.8, 4) is 5.75 Å². The smallest absolute Gasteiger partial charge is 0.265 e. The molecule has 9 heteroatoms. The van der Waals surface area contributed by atoms with Crippen molar-refractivity contribution < 1.29 is 9.53 Å². The average molecular weight is 361 g/mol. The number of nitrogens with zero attached hydrogens (tertiary/aromatic N) is 4. The Morgan fingerprint density at radius 2 is 2.00 bits per heavy atom. The molecule has 134 valence electrons. The highest BCUT2D eigenvalue weighted by atomic mass is 16.5. The largest absolute Gasteiger partial charge is 0.484 e. The van der Waals surface area contributed by atoms with Crippen molar-refractivity contribution >= 4 is 40.1 Å². The van der Waals surface area contributed by atoms with Crippen LogP contribution in [0, 0.1) is 0 Å². The highest BCUT2D eigenvalue weighted by Crippen LogP contribution is 2.21. The van der Waals surface area contributed by atoms with Gasteiger partial charge in [-0.2, -0.15) is 10.1 Å². The summed E-state index contributed by atoms with van der Waals surface area (Å²) in [7, 11) is 0. The molecule has 0 bridgehead atoms. The van der Waals surface area contributed by atoms with Gasteiger partial charge in [0, 0.05) is 10.9 Å². The van der Waals surface area contributed by atoms with E-state index in [4.69, 9.17) is 10.5 Å². The van der Waals surface area contributed by atoms with E-state index in [0.717, 1.165) is 16.5 Å². The molecule has 0 unspecified atom stereocenters. The van der Waals surface area contributed by atoms with E-state index in [0.29, 0.717) is 16.9 Å². The van der Waals surface area contributed by atoms with Crippen molar-refractivity contribution in [2.45, 2.75) is 0 Å². The van der Waals surface area contributed by atoms with Gasteiger partial charge in [-0.3, -0.25) is 4.79 Å². The Labute approximate surface area is 153 Å². The molecule has 27 heavy (non-hydrogen) atoms. The number of nitrogens with two attached hydrogens (primary N) is 1. The molecule has 9 nitrogen and oxygen atoms in total. The third kappa shape index (κ3) is 3.66. The molecule has 0 aliphatic heterocycles. The molecule has 0 aliphatic carbocycles. The van der Waals surface area contributed by atoms with E-state index in [1.165, 1.54) is 0 Å². The summed E-state index contributed by atoms with van der Waals surface area (Å²) in [5.41, 5.74) is 10.9. The summed E-state index contributed by atoms with van der Waals surface area (Å²) in [6, 6.07) is 14.8. The third-order valence-corrected chi connectivity index (χ3v) is 3.76. The van der Waals surface area contributed by atoms with Gasteiger partial charge >= 0.3 is 0 Å². The second kappa shape index (κ2) is 7.08. The first-order valence-electron chi connectivity index (χ1n) is 8.10. The van der Waals surface area contributed by atoms with Crippen molar-refractivity contribution in [2.75, 3.05) is 12.0 Å². The maximum Gasteiger partial charge on any atom is 0.265 e. The number of benzene rings is 2. The van der Waals surface area contributed by atoms with Crippen LogP contribution in [0.15, 0.2) is 53.6 Å². The summed E-state index contributed by atoms with van der Waals surface area (Å²) in [6.07, 6.45) is 1.61. The maximum absolute atomic E-state index is 10.7. The number of hydrogen-bond acceptors (Lipinski definition) is 7. The molecule has 0 saturated carbocycles. The van der Waals surface area contributed by atoms with Gasteiger partial charge < -0.3 is 15.5 Å². The summed E-state index contributed by atoms with van der Waals surface area (Å²) >= 11 is 0. The number of rotatable bonds is 6. The van der Waals surface area contributed by atoms with E-state index in [2.05, 4.69) is 30.7 Å². The maximum atomic E-state index is 10.7. The summed E-state index contributed by atoms with van der Waals surface area (Å²) in [6.45, 7) is -0.157. The van der Waals surface area contributed by atoms with Crippen LogP contribution in [0.1, 0.15) is 5.56 Å². The van der Waals surface area contributed by atoms with Gasteiger partial charge in [0.05, 0.1) is 6.21 Å². The Morgan fingerprint density at radius 3 is 2.81 bits per heavy atom. The standard InChI is InChI=1S/C18H15N7O2/c19-15(26)10-27-12-7-5-11(6-8-12)9-20-24-18-22-17-16(23-25-18)13-3-1-2-4-14(13)21-17/h1-9H,10H2,(H2,19,26)(H2,21,22,24,25)/b20-9-. The zero-order chi connectivity index (χ0) is 18.6. The van der Waals surface area contributed by atoms with Crippen LogP contribution in [0.25, 0.3) is 22.1 Å². The Kier molecular flexibility index (Phi) is 4.32. The number of ether oxygens (including phenoxy) is 1. The van der Waals surface area contributed by atoms with Gasteiger partial charge in [-0.25, -0.2) is 5.43 Å². The fourth-order valence-electron chi connectivity index (χ4n) is 2.54. The highest BCUT2D eigenvalue weighted by Gasteiger charge is 2.07. The van der Waals surface area contributed by atoms with Crippen molar-refractivity contribution in [1.82, 2.24) is 20.2 Å². The molecule has 0 aliphatic rings. The van der Waals surface area contributed by atoms with Crippen LogP contribution in [0.2, 0.25) is 0 Å². The molecule has 0 fully saturated rings. The first-order chi connectivity index (χ1) is 13.2. The zero-order valence-corrected chi connectivity index (χ0v) is 14.1. The van der Waals surface area contributed by atoms with Crippen LogP contribution in [0.5, 0.6) is 5.75 Å². The van der Waals surface area contributed by atoms with E-state index in [-0.39, 0.29) is 12.6 Å². The van der Waals surface area contributed by atoms with Crippen LogP contribution in [0.4, 0.5) is 5.95 Å². The van der Waals surface area contributed by atoms with Gasteiger partial charge in [0.1, 0.15) is 11.3 Å². The number of aromatic amines is 1. The lowest BCUT2D eigenvalue weighted by Crippen LogP contribution is -2.19. The molecule has 0 atom stereocenters.